The van der Waals surface area contributed by atoms with E-state index in [0.29, 0.717) is 17.8 Å². The molecule has 0 saturated heterocycles. The van der Waals surface area contributed by atoms with Crippen LogP contribution in [0.4, 0.5) is 5.69 Å². The van der Waals surface area contributed by atoms with Crippen LogP contribution >= 0.6 is 0 Å². The second-order valence-corrected chi connectivity index (χ2v) is 5.39. The molecule has 0 atom stereocenters. The summed E-state index contributed by atoms with van der Waals surface area (Å²) in [5.41, 5.74) is 7.67. The molecule has 25 heavy (non-hydrogen) atoms. The molecule has 0 bridgehead atoms. The number of anilines is 1. The zero-order chi connectivity index (χ0) is 18.1. The van der Waals surface area contributed by atoms with Gasteiger partial charge in [0.2, 0.25) is 11.8 Å². The third kappa shape index (κ3) is 6.34. The summed E-state index contributed by atoms with van der Waals surface area (Å²) in [5, 5.41) is 15.6. The van der Waals surface area contributed by atoms with Gasteiger partial charge in [-0.15, -0.1) is 0 Å². The van der Waals surface area contributed by atoms with Crippen molar-refractivity contribution in [1.82, 2.24) is 10.6 Å². The van der Waals surface area contributed by atoms with E-state index in [1.807, 2.05) is 30.3 Å². The second-order valence-electron chi connectivity index (χ2n) is 5.39. The molecule has 0 aliphatic carbocycles. The highest BCUT2D eigenvalue weighted by atomic mass is 16.2. The van der Waals surface area contributed by atoms with Crippen LogP contribution in [0.1, 0.15) is 11.1 Å². The van der Waals surface area contributed by atoms with Gasteiger partial charge in [0.25, 0.3) is 0 Å². The molecule has 2 amide bonds. The first-order valence-electron chi connectivity index (χ1n) is 7.80. The lowest BCUT2D eigenvalue weighted by Gasteiger charge is -2.09. The molecule has 6 N–H and O–H groups in total. The molecule has 0 aliphatic heterocycles. The van der Waals surface area contributed by atoms with E-state index in [2.05, 4.69) is 16.0 Å². The normalized spacial score (nSPS) is 9.92. The van der Waals surface area contributed by atoms with Crippen molar-refractivity contribution in [2.45, 2.75) is 6.54 Å². The van der Waals surface area contributed by atoms with Crippen molar-refractivity contribution >= 4 is 23.3 Å². The minimum atomic E-state index is -0.303. The topological polar surface area (TPSA) is 120 Å². The summed E-state index contributed by atoms with van der Waals surface area (Å²) < 4.78 is 0. The number of carbonyl (C=O) groups is 2. The predicted molar refractivity (Wildman–Crippen MR) is 97.2 cm³/mol. The third-order valence-corrected chi connectivity index (χ3v) is 3.41. The first-order chi connectivity index (χ1) is 12.0. The van der Waals surface area contributed by atoms with Crippen molar-refractivity contribution in [3.63, 3.8) is 0 Å². The number of nitrogens with one attached hydrogen (secondary N) is 4. The molecule has 7 heteroatoms. The standard InChI is InChI=1S/C18H21N5O2/c19-18(20)14-7-4-8-15(9-14)21-11-16(24)23-12-17(25)22-10-13-5-2-1-3-6-13/h1-9,21H,10-12H2,(H3,19,20)(H,22,25)(H,23,24). The van der Waals surface area contributed by atoms with Crippen molar-refractivity contribution in [3.8, 4) is 0 Å². The zero-order valence-corrected chi connectivity index (χ0v) is 13.7. The van der Waals surface area contributed by atoms with Crippen LogP contribution in [0.3, 0.4) is 0 Å². The van der Waals surface area contributed by atoms with E-state index >= 15 is 0 Å². The van der Waals surface area contributed by atoms with Gasteiger partial charge in [-0.2, -0.15) is 0 Å². The van der Waals surface area contributed by atoms with Crippen LogP contribution in [0, 0.1) is 5.41 Å². The predicted octanol–water partition coefficient (Wildman–Crippen LogP) is 0.815. The largest absolute Gasteiger partial charge is 0.384 e. The highest BCUT2D eigenvalue weighted by Crippen LogP contribution is 2.09. The van der Waals surface area contributed by atoms with E-state index in [4.69, 9.17) is 11.1 Å². The summed E-state index contributed by atoms with van der Waals surface area (Å²) in [7, 11) is 0. The maximum Gasteiger partial charge on any atom is 0.239 e. The first-order valence-corrected chi connectivity index (χ1v) is 7.80. The number of nitrogens with two attached hydrogens (primary N) is 1. The number of carbonyl (C=O) groups excluding carboxylic acids is 2. The quantitative estimate of drug-likeness (QED) is 0.361. The number of hydrogen-bond acceptors (Lipinski definition) is 4. The van der Waals surface area contributed by atoms with E-state index in [-0.39, 0.29) is 30.7 Å². The molecule has 130 valence electrons. The van der Waals surface area contributed by atoms with E-state index in [0.717, 1.165) is 5.56 Å². The molecular formula is C18H21N5O2. The van der Waals surface area contributed by atoms with Crippen LogP contribution in [0.25, 0.3) is 0 Å². The number of amides is 2. The molecule has 0 aromatic heterocycles. The molecular weight excluding hydrogens is 318 g/mol. The number of rotatable bonds is 8. The van der Waals surface area contributed by atoms with Crippen LogP contribution in [0.2, 0.25) is 0 Å². The maximum absolute atomic E-state index is 11.8. The number of hydrogen-bond donors (Lipinski definition) is 5. The smallest absolute Gasteiger partial charge is 0.239 e. The van der Waals surface area contributed by atoms with Crippen LogP contribution < -0.4 is 21.7 Å². The Bertz CT molecular complexity index is 746. The number of amidine groups is 1. The lowest BCUT2D eigenvalue weighted by molar-refractivity contribution is -0.125. The average molecular weight is 339 g/mol. The summed E-state index contributed by atoms with van der Waals surface area (Å²) in [6.45, 7) is 0.361. The third-order valence-electron chi connectivity index (χ3n) is 3.41. The monoisotopic (exact) mass is 339 g/mol. The highest BCUT2D eigenvalue weighted by molar-refractivity contribution is 5.96. The Labute approximate surface area is 146 Å². The Kier molecular flexibility index (Phi) is 6.53. The molecule has 0 heterocycles. The molecule has 0 fully saturated rings. The van der Waals surface area contributed by atoms with Gasteiger partial charge in [-0.1, -0.05) is 42.5 Å². The van der Waals surface area contributed by atoms with Crippen molar-refractivity contribution in [1.29, 1.82) is 5.41 Å². The number of benzene rings is 2. The van der Waals surface area contributed by atoms with E-state index in [1.54, 1.807) is 24.3 Å². The van der Waals surface area contributed by atoms with Crippen molar-refractivity contribution < 1.29 is 9.59 Å². The Balaban J connectivity index is 1.69. The van der Waals surface area contributed by atoms with Gasteiger partial charge in [0.1, 0.15) is 5.84 Å². The fourth-order valence-corrected chi connectivity index (χ4v) is 2.08. The highest BCUT2D eigenvalue weighted by Gasteiger charge is 2.06. The molecule has 7 nitrogen and oxygen atoms in total. The molecule has 0 unspecified atom stereocenters. The van der Waals surface area contributed by atoms with E-state index in [9.17, 15) is 9.59 Å². The maximum atomic E-state index is 11.8. The van der Waals surface area contributed by atoms with Gasteiger partial charge in [0.15, 0.2) is 0 Å². The lowest BCUT2D eigenvalue weighted by Crippen LogP contribution is -2.39. The van der Waals surface area contributed by atoms with Crippen molar-refractivity contribution in [2.24, 2.45) is 5.73 Å². The Morgan fingerprint density at radius 3 is 2.36 bits per heavy atom. The molecule has 0 radical (unpaired) electrons. The van der Waals surface area contributed by atoms with Crippen molar-refractivity contribution in [3.05, 3.63) is 65.7 Å². The average Bonchev–Trinajstić information content (AvgIpc) is 2.64. The minimum Gasteiger partial charge on any atom is -0.384 e. The fourth-order valence-electron chi connectivity index (χ4n) is 2.08. The second kappa shape index (κ2) is 9.07. The van der Waals surface area contributed by atoms with Crippen LogP contribution in [-0.2, 0) is 16.1 Å². The lowest BCUT2D eigenvalue weighted by atomic mass is 10.2. The van der Waals surface area contributed by atoms with E-state index < -0.39 is 0 Å². The molecule has 0 saturated carbocycles. The summed E-state index contributed by atoms with van der Waals surface area (Å²) in [4.78, 5) is 23.5. The Morgan fingerprint density at radius 2 is 1.64 bits per heavy atom. The zero-order valence-electron chi connectivity index (χ0n) is 13.7. The first kappa shape index (κ1) is 18.0. The van der Waals surface area contributed by atoms with E-state index in [1.165, 1.54) is 0 Å². The van der Waals surface area contributed by atoms with Crippen molar-refractivity contribution in [2.75, 3.05) is 18.4 Å². The fraction of sp³-hybridized carbons (Fsp3) is 0.167. The molecule has 0 spiro atoms. The Hall–Kier alpha value is -3.35. The summed E-state index contributed by atoms with van der Waals surface area (Å²) >= 11 is 0. The summed E-state index contributed by atoms with van der Waals surface area (Å²) in [6, 6.07) is 16.4. The molecule has 2 aromatic rings. The van der Waals surface area contributed by atoms with Gasteiger partial charge >= 0.3 is 0 Å². The van der Waals surface area contributed by atoms with Crippen LogP contribution in [0.5, 0.6) is 0 Å². The molecule has 2 rings (SSSR count). The van der Waals surface area contributed by atoms with Crippen LogP contribution in [0.15, 0.2) is 54.6 Å². The van der Waals surface area contributed by atoms with Gasteiger partial charge < -0.3 is 21.7 Å². The van der Waals surface area contributed by atoms with Gasteiger partial charge in [-0.05, 0) is 17.7 Å². The van der Waals surface area contributed by atoms with Gasteiger partial charge in [-0.3, -0.25) is 15.0 Å². The summed E-state index contributed by atoms with van der Waals surface area (Å²) in [5.74, 6) is -0.595. The SMILES string of the molecule is N=C(N)c1cccc(NCC(=O)NCC(=O)NCc2ccccc2)c1. The minimum absolute atomic E-state index is 0.0212. The van der Waals surface area contributed by atoms with Crippen LogP contribution in [-0.4, -0.2) is 30.7 Å². The number of nitrogen functional groups attached to an aromatic ring is 1. The van der Waals surface area contributed by atoms with Gasteiger partial charge in [0.05, 0.1) is 13.1 Å². The summed E-state index contributed by atoms with van der Waals surface area (Å²) in [6.07, 6.45) is 0. The van der Waals surface area contributed by atoms with Gasteiger partial charge in [0, 0.05) is 17.8 Å². The Morgan fingerprint density at radius 1 is 0.920 bits per heavy atom. The van der Waals surface area contributed by atoms with Gasteiger partial charge in [-0.25, -0.2) is 0 Å². The molecule has 2 aromatic carbocycles. The molecule has 0 aliphatic rings.